The first-order chi connectivity index (χ1) is 5.10. The molecule has 0 saturated carbocycles. The number of hydrogen-bond donors (Lipinski definition) is 0. The Morgan fingerprint density at radius 1 is 1.17 bits per heavy atom. The van der Waals surface area contributed by atoms with Gasteiger partial charge in [-0.25, -0.2) is 0 Å². The van der Waals surface area contributed by atoms with E-state index in [4.69, 9.17) is 0 Å². The van der Waals surface area contributed by atoms with Crippen molar-refractivity contribution in [3.63, 3.8) is 0 Å². The Bertz CT molecular complexity index is 129. The molecule has 0 unspecified atom stereocenters. The predicted molar refractivity (Wildman–Crippen MR) is 33.3 cm³/mol. The van der Waals surface area contributed by atoms with E-state index in [1.807, 2.05) is 0 Å². The molecule has 0 fully saturated rings. The third kappa shape index (κ3) is 4.41. The summed E-state index contributed by atoms with van der Waals surface area (Å²) in [6, 6.07) is 0. The van der Waals surface area contributed by atoms with Crippen molar-refractivity contribution < 1.29 is 57.2 Å². The molecular weight excluding hydrogens is 195 g/mol. The number of carboxylic acid groups (broad SMARTS) is 1. The van der Waals surface area contributed by atoms with E-state index in [9.17, 15) is 9.90 Å². The number of carbonyl (C=O) groups excluding carboxylic acids is 1. The molecular formula is C4H9NaO6Si. The maximum atomic E-state index is 9.95. The Balaban J connectivity index is 0. The molecule has 66 valence electrons. The Hall–Kier alpha value is 0.367. The second kappa shape index (κ2) is 6.84. The molecule has 12 heavy (non-hydrogen) atoms. The molecule has 0 N–H and O–H groups in total. The fraction of sp³-hybridized carbons (Fsp3) is 0.750. The summed E-state index contributed by atoms with van der Waals surface area (Å²) < 4.78 is 18.0. The fourth-order valence-corrected chi connectivity index (χ4v) is 1.43. The van der Waals surface area contributed by atoms with Crippen molar-refractivity contribution >= 4 is 15.2 Å². The smallest absolute Gasteiger partial charge is 0.517 e. The minimum Gasteiger partial charge on any atom is -0.517 e. The van der Waals surface area contributed by atoms with E-state index in [0.717, 1.165) is 0 Å². The first-order valence-electron chi connectivity index (χ1n) is 2.65. The minimum atomic E-state index is -3.44. The number of carbonyl (C=O) groups is 1. The topological polar surface area (TPSA) is 77.0 Å². The fourth-order valence-electron chi connectivity index (χ4n) is 0.477. The van der Waals surface area contributed by atoms with Crippen molar-refractivity contribution in [3.8, 4) is 0 Å². The van der Waals surface area contributed by atoms with Crippen LogP contribution in [0.25, 0.3) is 0 Å². The van der Waals surface area contributed by atoms with Gasteiger partial charge in [-0.1, -0.05) is 0 Å². The second-order valence-electron chi connectivity index (χ2n) is 1.46. The van der Waals surface area contributed by atoms with Crippen molar-refractivity contribution in [3.05, 3.63) is 0 Å². The van der Waals surface area contributed by atoms with E-state index < -0.39 is 15.2 Å². The molecule has 8 heteroatoms. The van der Waals surface area contributed by atoms with Gasteiger partial charge in [0.2, 0.25) is 6.16 Å². The molecule has 0 saturated heterocycles. The molecule has 0 radical (unpaired) electrons. The van der Waals surface area contributed by atoms with Gasteiger partial charge in [0.05, 0.1) is 0 Å². The Morgan fingerprint density at radius 3 is 1.58 bits per heavy atom. The summed E-state index contributed by atoms with van der Waals surface area (Å²) in [6.07, 6.45) is -1.73. The molecule has 0 aromatic heterocycles. The summed E-state index contributed by atoms with van der Waals surface area (Å²) in [5, 5.41) is 9.95. The van der Waals surface area contributed by atoms with Crippen molar-refractivity contribution in [2.75, 3.05) is 21.3 Å². The van der Waals surface area contributed by atoms with Crippen LogP contribution in [0.15, 0.2) is 0 Å². The van der Waals surface area contributed by atoms with E-state index in [1.165, 1.54) is 21.3 Å². The van der Waals surface area contributed by atoms with Gasteiger partial charge in [0.1, 0.15) is 0 Å². The van der Waals surface area contributed by atoms with Crippen molar-refractivity contribution in [2.24, 2.45) is 0 Å². The maximum absolute atomic E-state index is 9.95. The first kappa shape index (κ1) is 14.9. The van der Waals surface area contributed by atoms with Crippen LogP contribution in [0.1, 0.15) is 0 Å². The van der Waals surface area contributed by atoms with E-state index in [-0.39, 0.29) is 29.6 Å². The Labute approximate surface area is 93.5 Å². The zero-order chi connectivity index (χ0) is 8.91. The summed E-state index contributed by atoms with van der Waals surface area (Å²) in [4.78, 5) is 9.95. The molecule has 0 aromatic rings. The number of hydrogen-bond acceptors (Lipinski definition) is 6. The molecule has 6 nitrogen and oxygen atoms in total. The van der Waals surface area contributed by atoms with Crippen LogP contribution in [-0.4, -0.2) is 36.5 Å². The van der Waals surface area contributed by atoms with Gasteiger partial charge in [0.25, 0.3) is 0 Å². The summed E-state index contributed by atoms with van der Waals surface area (Å²) in [5.74, 6) is 0. The van der Waals surface area contributed by atoms with Crippen molar-refractivity contribution in [2.45, 2.75) is 0 Å². The van der Waals surface area contributed by atoms with Crippen molar-refractivity contribution in [1.82, 2.24) is 0 Å². The molecule has 0 aromatic carbocycles. The maximum Gasteiger partial charge on any atom is 1.00 e. The molecule has 0 amide bonds. The van der Waals surface area contributed by atoms with Gasteiger partial charge >= 0.3 is 38.6 Å². The molecule has 0 aliphatic heterocycles. The average molecular weight is 204 g/mol. The van der Waals surface area contributed by atoms with Gasteiger partial charge in [-0.2, -0.15) is 0 Å². The number of rotatable bonds is 4. The monoisotopic (exact) mass is 204 g/mol. The van der Waals surface area contributed by atoms with Crippen LogP contribution in [0, 0.1) is 0 Å². The van der Waals surface area contributed by atoms with Crippen LogP contribution < -0.4 is 34.7 Å². The third-order valence-electron chi connectivity index (χ3n) is 0.958. The zero-order valence-corrected chi connectivity index (χ0v) is 10.4. The summed E-state index contributed by atoms with van der Waals surface area (Å²) in [5.41, 5.74) is 0. The van der Waals surface area contributed by atoms with Crippen LogP contribution in [0.3, 0.4) is 0 Å². The molecule has 0 heterocycles. The predicted octanol–water partition coefficient (Wildman–Crippen LogP) is -4.27. The quantitative estimate of drug-likeness (QED) is 0.431. The molecule has 0 aliphatic carbocycles. The van der Waals surface area contributed by atoms with Gasteiger partial charge in [-0.3, -0.25) is 0 Å². The average Bonchev–Trinajstić information content (AvgIpc) is 2.00. The zero-order valence-electron chi connectivity index (χ0n) is 7.45. The van der Waals surface area contributed by atoms with Gasteiger partial charge in [-0.05, 0) is 0 Å². The summed E-state index contributed by atoms with van der Waals surface area (Å²) >= 11 is 0. The van der Waals surface area contributed by atoms with Crippen molar-refractivity contribution in [1.29, 1.82) is 0 Å². The second-order valence-corrected chi connectivity index (χ2v) is 3.89. The van der Waals surface area contributed by atoms with E-state index in [2.05, 4.69) is 17.7 Å². The minimum absolute atomic E-state index is 0. The van der Waals surface area contributed by atoms with Gasteiger partial charge in [0.15, 0.2) is 0 Å². The SMILES string of the molecule is CO[Si](OC)(OC)OC(=O)[O-].[Na+]. The van der Waals surface area contributed by atoms with Gasteiger partial charge in [-0.15, -0.1) is 0 Å². The molecule has 0 spiro atoms. The van der Waals surface area contributed by atoms with E-state index in [1.54, 1.807) is 0 Å². The van der Waals surface area contributed by atoms with Crippen LogP contribution in [0.4, 0.5) is 4.79 Å². The van der Waals surface area contributed by atoms with Gasteiger partial charge in [0, 0.05) is 21.3 Å². The summed E-state index contributed by atoms with van der Waals surface area (Å²) in [7, 11) is 0.231. The largest absolute Gasteiger partial charge is 1.00 e. The van der Waals surface area contributed by atoms with Crippen LogP contribution in [0.5, 0.6) is 0 Å². The molecule has 0 bridgehead atoms. The van der Waals surface area contributed by atoms with Gasteiger partial charge < -0.3 is 27.6 Å². The summed E-state index contributed by atoms with van der Waals surface area (Å²) in [6.45, 7) is 0. The van der Waals surface area contributed by atoms with E-state index in [0.29, 0.717) is 0 Å². The van der Waals surface area contributed by atoms with Crippen LogP contribution in [-0.2, 0) is 17.7 Å². The first-order valence-corrected chi connectivity index (χ1v) is 4.29. The third-order valence-corrected chi connectivity index (χ3v) is 2.88. The van der Waals surface area contributed by atoms with Crippen LogP contribution in [0.2, 0.25) is 0 Å². The van der Waals surface area contributed by atoms with E-state index >= 15 is 0 Å². The van der Waals surface area contributed by atoms with Crippen LogP contribution >= 0.6 is 0 Å². The Kier molecular flexibility index (Phi) is 8.47. The Morgan fingerprint density at radius 2 is 1.50 bits per heavy atom. The standard InChI is InChI=1S/C4H10O6Si.Na/c1-7-11(8-2,9-3)10-4(5)6;/h1-3H3,(H,5,6);/q;+1/p-1. The molecule has 0 aliphatic rings. The molecule has 0 atom stereocenters. The molecule has 0 rings (SSSR count). The normalized spacial score (nSPS) is 10.2.